The minimum absolute atomic E-state index is 0.0429. The highest BCUT2D eigenvalue weighted by molar-refractivity contribution is 7.99. The maximum absolute atomic E-state index is 12.7. The molecule has 3 aliphatic rings. The van der Waals surface area contributed by atoms with Gasteiger partial charge < -0.3 is 15.1 Å². The van der Waals surface area contributed by atoms with Crippen LogP contribution in [0, 0.1) is 0 Å². The van der Waals surface area contributed by atoms with E-state index in [4.69, 9.17) is 0 Å². The highest BCUT2D eigenvalue weighted by Gasteiger charge is 2.49. The highest BCUT2D eigenvalue weighted by Crippen LogP contribution is 2.23. The number of hydrogen-bond acceptors (Lipinski definition) is 5. The van der Waals surface area contributed by atoms with Gasteiger partial charge in [0.1, 0.15) is 11.9 Å². The smallest absolute Gasteiger partial charge is 0.327 e. The molecule has 0 bridgehead atoms. The molecule has 7 nitrogen and oxygen atoms in total. The van der Waals surface area contributed by atoms with Crippen LogP contribution < -0.4 is 5.32 Å². The third kappa shape index (κ3) is 3.16. The average Bonchev–Trinajstić information content (AvgIpc) is 3.36. The zero-order valence-corrected chi connectivity index (χ0v) is 15.4. The minimum atomic E-state index is -0.511. The van der Waals surface area contributed by atoms with E-state index in [1.54, 1.807) is 32.9 Å². The number of rotatable bonds is 4. The summed E-state index contributed by atoms with van der Waals surface area (Å²) in [6.07, 6.45) is 0.687. The molecule has 3 saturated heterocycles. The summed E-state index contributed by atoms with van der Waals surface area (Å²) in [5.41, 5.74) is 0. The second-order valence-electron chi connectivity index (χ2n) is 6.47. The van der Waals surface area contributed by atoms with E-state index < -0.39 is 6.04 Å². The molecule has 0 aliphatic carbocycles. The molecule has 2 atom stereocenters. The van der Waals surface area contributed by atoms with Crippen molar-refractivity contribution in [3.8, 4) is 0 Å². The summed E-state index contributed by atoms with van der Waals surface area (Å²) in [7, 11) is 0. The van der Waals surface area contributed by atoms with Crippen molar-refractivity contribution >= 4 is 40.9 Å². The van der Waals surface area contributed by atoms with Crippen LogP contribution in [0.4, 0.5) is 4.79 Å². The predicted molar refractivity (Wildman–Crippen MR) is 95.2 cm³/mol. The Morgan fingerprint density at radius 3 is 2.92 bits per heavy atom. The third-order valence-corrected chi connectivity index (χ3v) is 6.95. The summed E-state index contributed by atoms with van der Waals surface area (Å²) in [5.74, 6) is 1.67. The summed E-state index contributed by atoms with van der Waals surface area (Å²) in [6.45, 7) is 1.69. The zero-order valence-electron chi connectivity index (χ0n) is 13.8. The predicted octanol–water partition coefficient (Wildman–Crippen LogP) is -0.598. The van der Waals surface area contributed by atoms with Gasteiger partial charge in [-0.1, -0.05) is 17.8 Å². The van der Waals surface area contributed by atoms with Crippen molar-refractivity contribution in [2.75, 3.05) is 37.8 Å². The van der Waals surface area contributed by atoms with E-state index in [9.17, 15) is 14.4 Å². The van der Waals surface area contributed by atoms with Crippen LogP contribution in [0.5, 0.6) is 0 Å². The number of thioether (sulfide) groups is 1. The lowest BCUT2D eigenvalue weighted by Gasteiger charge is -2.35. The first-order valence-corrected chi connectivity index (χ1v) is 10.5. The number of hydrogen-bond donors (Lipinski definition) is 1. The van der Waals surface area contributed by atoms with Crippen molar-refractivity contribution in [3.05, 3.63) is 22.4 Å². The van der Waals surface area contributed by atoms with Crippen LogP contribution in [0.3, 0.4) is 0 Å². The summed E-state index contributed by atoms with van der Waals surface area (Å²) in [4.78, 5) is 43.8. The Bertz CT molecular complexity index is 675. The van der Waals surface area contributed by atoms with Gasteiger partial charge in [-0.2, -0.15) is 0 Å². The van der Waals surface area contributed by atoms with Crippen LogP contribution in [0.1, 0.15) is 4.88 Å². The van der Waals surface area contributed by atoms with Crippen molar-refractivity contribution in [1.82, 2.24) is 14.7 Å². The number of carbonyl (C=O) groups excluding carboxylic acids is 3. The summed E-state index contributed by atoms with van der Waals surface area (Å²) in [6, 6.07) is 3.22. The number of amides is 4. The maximum atomic E-state index is 12.7. The molecular formula is C16H21N4O3S2+. The molecule has 0 aromatic carbocycles. The van der Waals surface area contributed by atoms with Gasteiger partial charge in [-0.3, -0.25) is 14.5 Å². The van der Waals surface area contributed by atoms with Gasteiger partial charge in [0, 0.05) is 24.5 Å². The first kappa shape index (κ1) is 16.9. The summed E-state index contributed by atoms with van der Waals surface area (Å²) >= 11 is 3.39. The number of urea groups is 1. The Labute approximate surface area is 154 Å². The Balaban J connectivity index is 1.41. The number of thiophene rings is 1. The second kappa shape index (κ2) is 6.97. The van der Waals surface area contributed by atoms with E-state index in [1.807, 2.05) is 22.8 Å². The molecule has 4 amide bonds. The van der Waals surface area contributed by atoms with Crippen molar-refractivity contribution in [3.63, 3.8) is 0 Å². The van der Waals surface area contributed by atoms with Crippen molar-refractivity contribution < 1.29 is 19.7 Å². The van der Waals surface area contributed by atoms with Gasteiger partial charge in [-0.25, -0.2) is 4.79 Å². The Morgan fingerprint density at radius 1 is 1.32 bits per heavy atom. The van der Waals surface area contributed by atoms with Crippen LogP contribution in [0.2, 0.25) is 0 Å². The van der Waals surface area contributed by atoms with Crippen molar-refractivity contribution in [2.45, 2.75) is 18.5 Å². The SMILES string of the molecule is O=C([C@@H]1CSC[NH2+]1)N1CCN2C(=O)N(CCc3cccs3)C(=O)[C@H]2C1. The lowest BCUT2D eigenvalue weighted by Crippen LogP contribution is -2.90. The number of fused-ring (bicyclic) bond motifs is 1. The fourth-order valence-corrected chi connectivity index (χ4v) is 5.32. The minimum Gasteiger partial charge on any atom is -0.333 e. The normalized spacial score (nSPS) is 26.5. The average molecular weight is 382 g/mol. The zero-order chi connectivity index (χ0) is 17.4. The molecule has 25 heavy (non-hydrogen) atoms. The lowest BCUT2D eigenvalue weighted by atomic mass is 10.1. The van der Waals surface area contributed by atoms with Gasteiger partial charge in [-0.15, -0.1) is 11.3 Å². The molecule has 2 N–H and O–H groups in total. The Hall–Kier alpha value is -1.58. The molecule has 1 aromatic rings. The Morgan fingerprint density at radius 2 is 2.20 bits per heavy atom. The van der Waals surface area contributed by atoms with Crippen molar-refractivity contribution in [1.29, 1.82) is 0 Å². The fourth-order valence-electron chi connectivity index (χ4n) is 3.59. The van der Waals surface area contributed by atoms with Gasteiger partial charge in [0.2, 0.25) is 0 Å². The molecule has 3 fully saturated rings. The van der Waals surface area contributed by atoms with Crippen LogP contribution >= 0.6 is 23.1 Å². The monoisotopic (exact) mass is 381 g/mol. The standard InChI is InChI=1S/C16H20N4O3S2/c21-14(12-9-24-10-17-12)18-5-6-19-13(8-18)15(22)20(16(19)23)4-3-11-2-1-7-25-11/h1-2,7,12-13,17H,3-6,8-10H2/p+1/t12-,13+/m0/s1. The number of imide groups is 1. The highest BCUT2D eigenvalue weighted by atomic mass is 32.2. The third-order valence-electron chi connectivity index (χ3n) is 4.99. The molecule has 9 heteroatoms. The number of carbonyl (C=O) groups is 3. The van der Waals surface area contributed by atoms with Gasteiger partial charge in [-0.05, 0) is 17.9 Å². The second-order valence-corrected chi connectivity index (χ2v) is 8.58. The van der Waals surface area contributed by atoms with Crippen LogP contribution in [0.25, 0.3) is 0 Å². The largest absolute Gasteiger partial charge is 0.333 e. The molecule has 0 spiro atoms. The molecule has 4 rings (SSSR count). The molecule has 0 radical (unpaired) electrons. The van der Waals surface area contributed by atoms with E-state index in [2.05, 4.69) is 0 Å². The quantitative estimate of drug-likeness (QED) is 0.707. The van der Waals surface area contributed by atoms with E-state index in [1.165, 1.54) is 4.90 Å². The molecule has 0 unspecified atom stereocenters. The topological polar surface area (TPSA) is 77.5 Å². The molecule has 4 heterocycles. The van der Waals surface area contributed by atoms with Crippen LogP contribution in [-0.2, 0) is 16.0 Å². The maximum Gasteiger partial charge on any atom is 0.327 e. The Kier molecular flexibility index (Phi) is 4.70. The van der Waals surface area contributed by atoms with Crippen LogP contribution in [0.15, 0.2) is 17.5 Å². The number of quaternary nitrogens is 1. The molecule has 3 aliphatic heterocycles. The molecular weight excluding hydrogens is 360 g/mol. The first-order valence-electron chi connectivity index (χ1n) is 8.49. The van der Waals surface area contributed by atoms with Gasteiger partial charge in [0.05, 0.1) is 12.3 Å². The van der Waals surface area contributed by atoms with E-state index in [-0.39, 0.29) is 23.9 Å². The molecule has 1 aromatic heterocycles. The summed E-state index contributed by atoms with van der Waals surface area (Å²) in [5, 5.41) is 4.04. The number of piperazine rings is 1. The van der Waals surface area contributed by atoms with E-state index >= 15 is 0 Å². The van der Waals surface area contributed by atoms with Gasteiger partial charge in [0.15, 0.2) is 6.04 Å². The van der Waals surface area contributed by atoms with Gasteiger partial charge >= 0.3 is 6.03 Å². The number of nitrogens with zero attached hydrogens (tertiary/aromatic N) is 3. The van der Waals surface area contributed by atoms with Crippen LogP contribution in [-0.4, -0.2) is 82.4 Å². The fraction of sp³-hybridized carbons (Fsp3) is 0.562. The number of nitrogens with two attached hydrogens (primary N) is 1. The van der Waals surface area contributed by atoms with Crippen molar-refractivity contribution in [2.24, 2.45) is 0 Å². The lowest BCUT2D eigenvalue weighted by molar-refractivity contribution is -0.649. The first-order chi connectivity index (χ1) is 12.1. The van der Waals surface area contributed by atoms with E-state index in [0.29, 0.717) is 32.6 Å². The summed E-state index contributed by atoms with van der Waals surface area (Å²) < 4.78 is 0. The molecule has 0 saturated carbocycles. The molecule has 134 valence electrons. The van der Waals surface area contributed by atoms with Gasteiger partial charge in [0.25, 0.3) is 11.8 Å². The van der Waals surface area contributed by atoms with E-state index in [0.717, 1.165) is 16.5 Å².